The zero-order valence-corrected chi connectivity index (χ0v) is 9.93. The number of ether oxygens (including phenoxy) is 1. The largest absolute Gasteiger partial charge is 0.476 e. The molecule has 7 nitrogen and oxygen atoms in total. The van der Waals surface area contributed by atoms with Gasteiger partial charge in [0, 0.05) is 6.20 Å². The van der Waals surface area contributed by atoms with E-state index in [1.54, 1.807) is 13.8 Å². The van der Waals surface area contributed by atoms with Crippen LogP contribution in [0.3, 0.4) is 0 Å². The molecule has 3 N–H and O–H groups in total. The van der Waals surface area contributed by atoms with Gasteiger partial charge in [-0.25, -0.2) is 4.79 Å². The Labute approximate surface area is 98.2 Å². The third-order valence-electron chi connectivity index (χ3n) is 2.29. The van der Waals surface area contributed by atoms with E-state index in [2.05, 4.69) is 9.84 Å². The summed E-state index contributed by atoms with van der Waals surface area (Å²) in [6.07, 6.45) is 1.38. The van der Waals surface area contributed by atoms with E-state index in [1.807, 2.05) is 0 Å². The minimum absolute atomic E-state index is 0.0677. The first kappa shape index (κ1) is 13.0. The molecule has 94 valence electrons. The van der Waals surface area contributed by atoms with Gasteiger partial charge in [-0.05, 0) is 13.8 Å². The van der Waals surface area contributed by atoms with Crippen molar-refractivity contribution in [3.05, 3.63) is 11.9 Å². The normalized spacial score (nSPS) is 11.2. The molecule has 0 spiro atoms. The van der Waals surface area contributed by atoms with Gasteiger partial charge in [0.05, 0.1) is 24.8 Å². The minimum atomic E-state index is -1.20. The summed E-state index contributed by atoms with van der Waals surface area (Å²) < 4.78 is 5.97. The van der Waals surface area contributed by atoms with Gasteiger partial charge < -0.3 is 15.6 Å². The molecule has 0 amide bonds. The van der Waals surface area contributed by atoms with E-state index >= 15 is 0 Å². The monoisotopic (exact) mass is 241 g/mol. The second-order valence-corrected chi connectivity index (χ2v) is 4.31. The van der Waals surface area contributed by atoms with Crippen LogP contribution in [0, 0.1) is 5.41 Å². The fourth-order valence-corrected chi connectivity index (χ4v) is 1.43. The summed E-state index contributed by atoms with van der Waals surface area (Å²) in [5.41, 5.74) is 4.54. The average molecular weight is 241 g/mol. The van der Waals surface area contributed by atoms with Crippen molar-refractivity contribution in [1.82, 2.24) is 9.78 Å². The van der Waals surface area contributed by atoms with Gasteiger partial charge in [-0.3, -0.25) is 9.48 Å². The Hall–Kier alpha value is -2.05. The van der Waals surface area contributed by atoms with Gasteiger partial charge in [-0.1, -0.05) is 0 Å². The Morgan fingerprint density at radius 1 is 1.59 bits per heavy atom. The first-order valence-electron chi connectivity index (χ1n) is 4.92. The van der Waals surface area contributed by atoms with Crippen LogP contribution >= 0.6 is 0 Å². The molecule has 0 saturated heterocycles. The predicted molar refractivity (Wildman–Crippen MR) is 59.4 cm³/mol. The first-order valence-corrected chi connectivity index (χ1v) is 4.92. The van der Waals surface area contributed by atoms with Crippen molar-refractivity contribution in [3.8, 4) is 0 Å². The summed E-state index contributed by atoms with van der Waals surface area (Å²) in [7, 11) is 1.30. The molecule has 1 rings (SSSR count). The van der Waals surface area contributed by atoms with E-state index in [1.165, 1.54) is 18.0 Å². The van der Waals surface area contributed by atoms with E-state index in [-0.39, 0.29) is 17.9 Å². The van der Waals surface area contributed by atoms with E-state index in [9.17, 15) is 9.59 Å². The molecule has 0 fully saturated rings. The Balaban J connectivity index is 2.93. The maximum absolute atomic E-state index is 11.5. The number of aromatic nitrogens is 2. The van der Waals surface area contributed by atoms with Crippen LogP contribution in [-0.4, -0.2) is 33.9 Å². The van der Waals surface area contributed by atoms with Gasteiger partial charge in [-0.2, -0.15) is 5.10 Å². The summed E-state index contributed by atoms with van der Waals surface area (Å²) >= 11 is 0. The maximum atomic E-state index is 11.5. The van der Waals surface area contributed by atoms with Gasteiger partial charge >= 0.3 is 11.9 Å². The molecule has 0 aliphatic carbocycles. The Kier molecular flexibility index (Phi) is 3.40. The zero-order valence-electron chi connectivity index (χ0n) is 9.93. The fraction of sp³-hybridized carbons (Fsp3) is 0.500. The molecule has 17 heavy (non-hydrogen) atoms. The SMILES string of the molecule is COC(=O)C(C)(C)Cn1cc(N)c(C(=O)O)n1. The van der Waals surface area contributed by atoms with Crippen molar-refractivity contribution in [3.63, 3.8) is 0 Å². The Bertz CT molecular complexity index is 450. The summed E-state index contributed by atoms with van der Waals surface area (Å²) in [5, 5.41) is 12.6. The quantitative estimate of drug-likeness (QED) is 0.737. The summed E-state index contributed by atoms with van der Waals surface area (Å²) in [6, 6.07) is 0. The van der Waals surface area contributed by atoms with Crippen LogP contribution in [-0.2, 0) is 16.1 Å². The molecular formula is C10H15N3O4. The number of carboxylic acid groups (broad SMARTS) is 1. The number of hydrogen-bond acceptors (Lipinski definition) is 5. The van der Waals surface area contributed by atoms with Gasteiger partial charge in [-0.15, -0.1) is 0 Å². The lowest BCUT2D eigenvalue weighted by Gasteiger charge is -2.20. The molecule has 0 unspecified atom stereocenters. The molecule has 1 aromatic heterocycles. The molecule has 0 aromatic carbocycles. The number of hydrogen-bond donors (Lipinski definition) is 2. The van der Waals surface area contributed by atoms with Crippen molar-refractivity contribution < 1.29 is 19.4 Å². The lowest BCUT2D eigenvalue weighted by atomic mass is 9.94. The van der Waals surface area contributed by atoms with Crippen LogP contribution in [0.5, 0.6) is 0 Å². The van der Waals surface area contributed by atoms with Crippen molar-refractivity contribution in [2.45, 2.75) is 20.4 Å². The highest BCUT2D eigenvalue weighted by Crippen LogP contribution is 2.21. The van der Waals surface area contributed by atoms with Crippen molar-refractivity contribution in [2.24, 2.45) is 5.41 Å². The van der Waals surface area contributed by atoms with Crippen LogP contribution in [0.2, 0.25) is 0 Å². The number of aromatic carboxylic acids is 1. The molecular weight excluding hydrogens is 226 g/mol. The van der Waals surface area contributed by atoms with Crippen molar-refractivity contribution in [2.75, 3.05) is 12.8 Å². The topological polar surface area (TPSA) is 107 Å². The van der Waals surface area contributed by atoms with E-state index in [0.717, 1.165) is 0 Å². The first-order chi connectivity index (χ1) is 7.77. The molecule has 7 heteroatoms. The van der Waals surface area contributed by atoms with Crippen molar-refractivity contribution >= 4 is 17.6 Å². The van der Waals surface area contributed by atoms with E-state index < -0.39 is 17.4 Å². The molecule has 0 radical (unpaired) electrons. The summed E-state index contributed by atoms with van der Waals surface area (Å²) in [4.78, 5) is 22.2. The molecule has 0 aliphatic heterocycles. The van der Waals surface area contributed by atoms with Gasteiger partial charge in [0.2, 0.25) is 0 Å². The smallest absolute Gasteiger partial charge is 0.358 e. The highest BCUT2D eigenvalue weighted by atomic mass is 16.5. The number of rotatable bonds is 4. The molecule has 0 saturated carbocycles. The number of carbonyl (C=O) groups excluding carboxylic acids is 1. The number of methoxy groups -OCH3 is 1. The van der Waals surface area contributed by atoms with Gasteiger partial charge in [0.15, 0.2) is 5.69 Å². The van der Waals surface area contributed by atoms with Crippen LogP contribution in [0.15, 0.2) is 6.20 Å². The van der Waals surface area contributed by atoms with Crippen LogP contribution in [0.1, 0.15) is 24.3 Å². The van der Waals surface area contributed by atoms with Gasteiger partial charge in [0.1, 0.15) is 0 Å². The highest BCUT2D eigenvalue weighted by Gasteiger charge is 2.30. The summed E-state index contributed by atoms with van der Waals surface area (Å²) in [6.45, 7) is 3.55. The molecule has 1 aromatic rings. The maximum Gasteiger partial charge on any atom is 0.358 e. The number of carbonyl (C=O) groups is 2. The van der Waals surface area contributed by atoms with Crippen LogP contribution in [0.25, 0.3) is 0 Å². The number of carboxylic acids is 1. The zero-order chi connectivity index (χ0) is 13.2. The Morgan fingerprint density at radius 3 is 2.59 bits per heavy atom. The second-order valence-electron chi connectivity index (χ2n) is 4.31. The molecule has 0 atom stereocenters. The van der Waals surface area contributed by atoms with E-state index in [0.29, 0.717) is 0 Å². The van der Waals surface area contributed by atoms with Crippen molar-refractivity contribution in [1.29, 1.82) is 0 Å². The van der Waals surface area contributed by atoms with E-state index in [4.69, 9.17) is 10.8 Å². The second kappa shape index (κ2) is 4.44. The lowest BCUT2D eigenvalue weighted by Crippen LogP contribution is -2.31. The molecule has 0 bridgehead atoms. The van der Waals surface area contributed by atoms with Gasteiger partial charge in [0.25, 0.3) is 0 Å². The lowest BCUT2D eigenvalue weighted by molar-refractivity contribution is -0.151. The number of esters is 1. The predicted octanol–water partition coefficient (Wildman–Crippen LogP) is 0.363. The summed E-state index contributed by atoms with van der Waals surface area (Å²) in [5.74, 6) is -1.60. The number of nitrogens with zero attached hydrogens (tertiary/aromatic N) is 2. The number of nitrogen functional groups attached to an aromatic ring is 1. The standard InChI is InChI=1S/C10H15N3O4/c1-10(2,9(16)17-3)5-13-4-6(11)7(12-13)8(14)15/h4H,5,11H2,1-3H3,(H,14,15). The average Bonchev–Trinajstić information content (AvgIpc) is 2.57. The fourth-order valence-electron chi connectivity index (χ4n) is 1.43. The third-order valence-corrected chi connectivity index (χ3v) is 2.29. The highest BCUT2D eigenvalue weighted by molar-refractivity contribution is 5.91. The molecule has 0 aliphatic rings. The van der Waals surface area contributed by atoms with Crippen LogP contribution in [0.4, 0.5) is 5.69 Å². The number of nitrogens with two attached hydrogens (primary N) is 1. The Morgan fingerprint density at radius 2 is 2.18 bits per heavy atom. The molecule has 1 heterocycles. The third kappa shape index (κ3) is 2.74. The van der Waals surface area contributed by atoms with Crippen LogP contribution < -0.4 is 5.73 Å². The minimum Gasteiger partial charge on any atom is -0.476 e. The number of anilines is 1.